The summed E-state index contributed by atoms with van der Waals surface area (Å²) in [6.45, 7) is 6.37. The number of hydrogen-bond acceptors (Lipinski definition) is 7. The Balaban J connectivity index is 1.03. The highest BCUT2D eigenvalue weighted by molar-refractivity contribution is 7.86. The highest BCUT2D eigenvalue weighted by atomic mass is 32.2. The zero-order chi connectivity index (χ0) is 24.7. The number of carbonyl (C=O) groups excluding carboxylic acids is 1. The number of rotatable bonds is 5. The van der Waals surface area contributed by atoms with Gasteiger partial charge >= 0.3 is 0 Å². The van der Waals surface area contributed by atoms with E-state index >= 15 is 0 Å². The van der Waals surface area contributed by atoms with E-state index in [1.165, 1.54) is 0 Å². The SMILES string of the molecule is CC1CCCC1N1C(=O)C2(CC2)c2cnc(NC3CCN(S(=O)(=O)N4CC5CNCC5C4)CC3)nc21. The summed E-state index contributed by atoms with van der Waals surface area (Å²) in [4.78, 5) is 25.0. The molecule has 7 rings (SSSR count). The molecule has 2 aliphatic carbocycles. The van der Waals surface area contributed by atoms with Crippen LogP contribution >= 0.6 is 0 Å². The van der Waals surface area contributed by atoms with Gasteiger partial charge in [0.05, 0.1) is 5.41 Å². The van der Waals surface area contributed by atoms with E-state index in [1.807, 2.05) is 11.1 Å². The molecule has 1 amide bonds. The van der Waals surface area contributed by atoms with E-state index in [2.05, 4.69) is 22.5 Å². The van der Waals surface area contributed by atoms with E-state index < -0.39 is 10.2 Å². The van der Waals surface area contributed by atoms with Gasteiger partial charge in [0.1, 0.15) is 5.82 Å². The summed E-state index contributed by atoms with van der Waals surface area (Å²) in [6.07, 6.45) is 8.45. The van der Waals surface area contributed by atoms with Crippen molar-refractivity contribution >= 4 is 27.9 Å². The predicted molar refractivity (Wildman–Crippen MR) is 136 cm³/mol. The minimum Gasteiger partial charge on any atom is -0.351 e. The third kappa shape index (κ3) is 3.53. The number of nitrogens with zero attached hydrogens (tertiary/aromatic N) is 5. The molecular weight excluding hydrogens is 478 g/mol. The largest absolute Gasteiger partial charge is 0.351 e. The van der Waals surface area contributed by atoms with Crippen LogP contribution in [0.1, 0.15) is 57.4 Å². The molecule has 0 bridgehead atoms. The third-order valence-corrected chi connectivity index (χ3v) is 11.8. The molecule has 36 heavy (non-hydrogen) atoms. The van der Waals surface area contributed by atoms with Crippen LogP contribution < -0.4 is 15.5 Å². The summed E-state index contributed by atoms with van der Waals surface area (Å²) in [5.74, 6) is 2.97. The number of carbonyl (C=O) groups is 1. The van der Waals surface area contributed by atoms with E-state index in [0.29, 0.717) is 62.7 Å². The molecular formula is C25H37N7O3S. The van der Waals surface area contributed by atoms with Gasteiger partial charge in [0.2, 0.25) is 11.9 Å². The van der Waals surface area contributed by atoms with Crippen molar-refractivity contribution in [2.24, 2.45) is 17.8 Å². The van der Waals surface area contributed by atoms with Crippen LogP contribution in [0.5, 0.6) is 0 Å². The van der Waals surface area contributed by atoms with Crippen molar-refractivity contribution in [3.05, 3.63) is 11.8 Å². The molecule has 4 atom stereocenters. The highest BCUT2D eigenvalue weighted by Gasteiger charge is 2.62. The Labute approximate surface area is 213 Å². The maximum atomic E-state index is 13.5. The van der Waals surface area contributed by atoms with Crippen LogP contribution in [0.2, 0.25) is 0 Å². The number of aromatic nitrogens is 2. The van der Waals surface area contributed by atoms with E-state index in [-0.39, 0.29) is 23.4 Å². The van der Waals surface area contributed by atoms with Crippen molar-refractivity contribution in [2.45, 2.75) is 69.4 Å². The molecule has 5 heterocycles. The Morgan fingerprint density at radius 2 is 1.78 bits per heavy atom. The standard InChI is InChI=1S/C25H37N7O3S/c1-16-3-2-4-21(16)32-22-20(25(7-8-25)23(32)33)13-27-24(29-22)28-19-5-9-30(10-6-19)36(34,35)31-14-17-11-26-12-18(17)15-31/h13,16-19,21,26H,2-12,14-15H2,1H3,(H,27,28,29). The third-order valence-electron chi connectivity index (χ3n) is 9.83. The van der Waals surface area contributed by atoms with Gasteiger partial charge in [-0.05, 0) is 69.4 Å². The first-order chi connectivity index (χ1) is 17.4. The maximum Gasteiger partial charge on any atom is 0.281 e. The number of amides is 1. The van der Waals surface area contributed by atoms with Crippen LogP contribution in [0.25, 0.3) is 0 Å². The highest BCUT2D eigenvalue weighted by Crippen LogP contribution is 2.58. The number of fused-ring (bicyclic) bond motifs is 3. The van der Waals surface area contributed by atoms with Crippen LogP contribution in [0, 0.1) is 17.8 Å². The first-order valence-corrected chi connectivity index (χ1v) is 15.2. The Morgan fingerprint density at radius 1 is 1.06 bits per heavy atom. The molecule has 4 aliphatic heterocycles. The van der Waals surface area contributed by atoms with Crippen LogP contribution in [-0.4, -0.2) is 84.3 Å². The van der Waals surface area contributed by atoms with Crippen LogP contribution in [0.15, 0.2) is 6.20 Å². The molecule has 0 aromatic carbocycles. The van der Waals surface area contributed by atoms with Crippen molar-refractivity contribution < 1.29 is 13.2 Å². The number of anilines is 2. The topological polar surface area (TPSA) is 111 Å². The molecule has 0 radical (unpaired) electrons. The molecule has 4 unspecified atom stereocenters. The average Bonchev–Trinajstić information content (AvgIpc) is 3.10. The van der Waals surface area contributed by atoms with E-state index in [4.69, 9.17) is 4.98 Å². The van der Waals surface area contributed by atoms with E-state index in [9.17, 15) is 13.2 Å². The smallest absolute Gasteiger partial charge is 0.281 e. The molecule has 11 heteroatoms. The summed E-state index contributed by atoms with van der Waals surface area (Å²) in [7, 11) is -3.41. The molecule has 10 nitrogen and oxygen atoms in total. The molecule has 196 valence electrons. The summed E-state index contributed by atoms with van der Waals surface area (Å²) >= 11 is 0. The Bertz CT molecular complexity index is 1150. The zero-order valence-electron chi connectivity index (χ0n) is 21.0. The van der Waals surface area contributed by atoms with Gasteiger partial charge in [0.15, 0.2) is 0 Å². The van der Waals surface area contributed by atoms with Gasteiger partial charge in [-0.2, -0.15) is 22.0 Å². The molecule has 1 aromatic heterocycles. The first-order valence-electron chi connectivity index (χ1n) is 13.8. The monoisotopic (exact) mass is 515 g/mol. The molecule has 2 saturated carbocycles. The van der Waals surface area contributed by atoms with Crippen molar-refractivity contribution in [2.75, 3.05) is 49.5 Å². The predicted octanol–water partition coefficient (Wildman–Crippen LogP) is 1.32. The normalized spacial score (nSPS) is 34.5. The van der Waals surface area contributed by atoms with Crippen LogP contribution in [0.3, 0.4) is 0 Å². The molecule has 1 aromatic rings. The summed E-state index contributed by atoms with van der Waals surface area (Å²) in [5.41, 5.74) is 0.628. The van der Waals surface area contributed by atoms with Crippen molar-refractivity contribution in [1.29, 1.82) is 0 Å². The van der Waals surface area contributed by atoms with Crippen LogP contribution in [-0.2, 0) is 20.4 Å². The fourth-order valence-corrected chi connectivity index (χ4v) is 9.17. The van der Waals surface area contributed by atoms with Gasteiger partial charge in [0.25, 0.3) is 10.2 Å². The lowest BCUT2D eigenvalue weighted by molar-refractivity contribution is -0.120. The molecule has 5 fully saturated rings. The second kappa shape index (κ2) is 8.34. The molecule has 2 N–H and O–H groups in total. The quantitative estimate of drug-likeness (QED) is 0.608. The Kier molecular flexibility index (Phi) is 5.40. The summed E-state index contributed by atoms with van der Waals surface area (Å²) in [6, 6.07) is 0.343. The number of piperidine rings is 1. The lowest BCUT2D eigenvalue weighted by Gasteiger charge is -2.34. The molecule has 6 aliphatic rings. The van der Waals surface area contributed by atoms with Gasteiger partial charge in [-0.15, -0.1) is 0 Å². The maximum absolute atomic E-state index is 13.5. The van der Waals surface area contributed by atoms with Gasteiger partial charge in [-0.3, -0.25) is 9.69 Å². The number of nitrogens with one attached hydrogen (secondary N) is 2. The van der Waals surface area contributed by atoms with Gasteiger partial charge < -0.3 is 10.6 Å². The lowest BCUT2D eigenvalue weighted by Crippen LogP contribution is -2.49. The minimum absolute atomic E-state index is 0.113. The second-order valence-electron chi connectivity index (χ2n) is 12.0. The van der Waals surface area contributed by atoms with E-state index in [1.54, 1.807) is 8.61 Å². The molecule has 3 saturated heterocycles. The average molecular weight is 516 g/mol. The molecule has 1 spiro atoms. The fourth-order valence-electron chi connectivity index (χ4n) is 7.41. The zero-order valence-corrected chi connectivity index (χ0v) is 21.8. The van der Waals surface area contributed by atoms with Crippen molar-refractivity contribution in [3.63, 3.8) is 0 Å². The minimum atomic E-state index is -3.41. The van der Waals surface area contributed by atoms with Crippen molar-refractivity contribution in [1.82, 2.24) is 23.9 Å². The van der Waals surface area contributed by atoms with Gasteiger partial charge in [0, 0.05) is 50.0 Å². The Morgan fingerprint density at radius 3 is 2.42 bits per heavy atom. The van der Waals surface area contributed by atoms with Crippen LogP contribution in [0.4, 0.5) is 11.8 Å². The lowest BCUT2D eigenvalue weighted by atomic mass is 10.0. The second-order valence-corrected chi connectivity index (χ2v) is 13.9. The van der Waals surface area contributed by atoms with E-state index in [0.717, 1.165) is 56.6 Å². The number of hydrogen-bond donors (Lipinski definition) is 2. The van der Waals surface area contributed by atoms with Gasteiger partial charge in [-0.1, -0.05) is 13.3 Å². The summed E-state index contributed by atoms with van der Waals surface area (Å²) in [5, 5.41) is 6.84. The van der Waals surface area contributed by atoms with Crippen molar-refractivity contribution in [3.8, 4) is 0 Å². The summed E-state index contributed by atoms with van der Waals surface area (Å²) < 4.78 is 29.8. The fraction of sp³-hybridized carbons (Fsp3) is 0.800. The van der Waals surface area contributed by atoms with Gasteiger partial charge in [-0.25, -0.2) is 4.98 Å². The first kappa shape index (κ1) is 23.3. The Hall–Kier alpha value is -1.82.